The Bertz CT molecular complexity index is 1170. The minimum Gasteiger partial charge on any atom is -0.457 e. The number of aromatic nitrogens is 1. The van der Waals surface area contributed by atoms with Crippen molar-refractivity contribution in [3.8, 4) is 11.3 Å². The smallest absolute Gasteiger partial charge is 0.336 e. The summed E-state index contributed by atoms with van der Waals surface area (Å²) in [6.45, 7) is 1.92. The number of nitrogens with one attached hydrogen (secondary N) is 1. The van der Waals surface area contributed by atoms with E-state index in [4.69, 9.17) is 16.0 Å². The Morgan fingerprint density at radius 1 is 1.14 bits per heavy atom. The Morgan fingerprint density at radius 2 is 1.97 bits per heavy atom. The lowest BCUT2D eigenvalue weighted by Gasteiger charge is -2.25. The highest BCUT2D eigenvalue weighted by Gasteiger charge is 2.37. The van der Waals surface area contributed by atoms with E-state index in [2.05, 4.69) is 10.3 Å². The van der Waals surface area contributed by atoms with Crippen molar-refractivity contribution in [1.82, 2.24) is 10.3 Å². The molecular weight excluding hydrogens is 394 g/mol. The maximum absolute atomic E-state index is 12.8. The summed E-state index contributed by atoms with van der Waals surface area (Å²) in [5, 5.41) is 2.72. The molecule has 7 nitrogen and oxygen atoms in total. The number of barbiturate groups is 1. The molecule has 0 aliphatic carbocycles. The van der Waals surface area contributed by atoms with Crippen LogP contribution in [0.25, 0.3) is 17.4 Å². The molecule has 1 N–H and O–H groups in total. The summed E-state index contributed by atoms with van der Waals surface area (Å²) < 4.78 is 5.79. The first-order chi connectivity index (χ1) is 13.9. The molecule has 1 saturated heterocycles. The second-order valence-electron chi connectivity index (χ2n) is 6.33. The van der Waals surface area contributed by atoms with Crippen LogP contribution in [0.4, 0.5) is 10.5 Å². The monoisotopic (exact) mass is 407 g/mol. The number of hydrogen-bond acceptors (Lipinski definition) is 5. The van der Waals surface area contributed by atoms with Crippen molar-refractivity contribution in [1.29, 1.82) is 0 Å². The van der Waals surface area contributed by atoms with Gasteiger partial charge in [-0.2, -0.15) is 0 Å². The molecule has 0 saturated carbocycles. The topological polar surface area (TPSA) is 92.5 Å². The molecular formula is C21H14ClN3O4. The van der Waals surface area contributed by atoms with Gasteiger partial charge in [0.05, 0.1) is 11.9 Å². The van der Waals surface area contributed by atoms with Crippen molar-refractivity contribution in [3.63, 3.8) is 0 Å². The van der Waals surface area contributed by atoms with Crippen LogP contribution < -0.4 is 10.2 Å². The van der Waals surface area contributed by atoms with Gasteiger partial charge in [0, 0.05) is 16.8 Å². The predicted molar refractivity (Wildman–Crippen MR) is 107 cm³/mol. The zero-order chi connectivity index (χ0) is 20.5. The Labute approximate surface area is 170 Å². The summed E-state index contributed by atoms with van der Waals surface area (Å²) in [5.41, 5.74) is 1.79. The minimum absolute atomic E-state index is 0.225. The number of amides is 4. The highest BCUT2D eigenvalue weighted by atomic mass is 35.5. The maximum Gasteiger partial charge on any atom is 0.336 e. The minimum atomic E-state index is -0.833. The van der Waals surface area contributed by atoms with Crippen LogP contribution >= 0.6 is 11.6 Å². The lowest BCUT2D eigenvalue weighted by Crippen LogP contribution is -2.54. The van der Waals surface area contributed by atoms with E-state index in [1.807, 2.05) is 13.0 Å². The molecule has 0 radical (unpaired) electrons. The molecule has 1 fully saturated rings. The first kappa shape index (κ1) is 18.6. The van der Waals surface area contributed by atoms with Crippen LogP contribution in [0.5, 0.6) is 0 Å². The Kier molecular flexibility index (Phi) is 4.74. The molecule has 2 aromatic heterocycles. The molecule has 3 aromatic rings. The van der Waals surface area contributed by atoms with Crippen LogP contribution in [0.2, 0.25) is 5.02 Å². The third-order valence-corrected chi connectivity index (χ3v) is 4.62. The number of carbonyl (C=O) groups is 3. The van der Waals surface area contributed by atoms with E-state index in [1.54, 1.807) is 36.4 Å². The van der Waals surface area contributed by atoms with Gasteiger partial charge in [-0.05, 0) is 55.0 Å². The third kappa shape index (κ3) is 3.55. The summed E-state index contributed by atoms with van der Waals surface area (Å²) in [4.78, 5) is 42.0. The summed E-state index contributed by atoms with van der Waals surface area (Å²) >= 11 is 6.06. The number of urea groups is 1. The molecule has 0 spiro atoms. The largest absolute Gasteiger partial charge is 0.457 e. The molecule has 144 valence electrons. The normalized spacial score (nSPS) is 15.7. The number of hydrogen-bond donors (Lipinski definition) is 1. The van der Waals surface area contributed by atoms with Gasteiger partial charge in [0.1, 0.15) is 17.1 Å². The summed E-state index contributed by atoms with van der Waals surface area (Å²) in [6, 6.07) is 11.1. The summed E-state index contributed by atoms with van der Waals surface area (Å²) in [6.07, 6.45) is 4.18. The van der Waals surface area contributed by atoms with Crippen LogP contribution in [0, 0.1) is 6.92 Å². The molecule has 0 atom stereocenters. The van der Waals surface area contributed by atoms with E-state index in [0.29, 0.717) is 16.5 Å². The lowest BCUT2D eigenvalue weighted by atomic mass is 10.1. The number of furan rings is 1. The van der Waals surface area contributed by atoms with Crippen molar-refractivity contribution in [2.24, 2.45) is 0 Å². The quantitative estimate of drug-likeness (QED) is 0.524. The molecule has 1 aliphatic heterocycles. The zero-order valence-electron chi connectivity index (χ0n) is 15.2. The van der Waals surface area contributed by atoms with E-state index >= 15 is 0 Å². The fourth-order valence-corrected chi connectivity index (χ4v) is 3.13. The number of benzene rings is 1. The molecule has 4 rings (SSSR count). The average Bonchev–Trinajstić information content (AvgIpc) is 3.16. The van der Waals surface area contributed by atoms with Gasteiger partial charge in [-0.3, -0.25) is 19.9 Å². The summed E-state index contributed by atoms with van der Waals surface area (Å²) in [5.74, 6) is -0.722. The van der Waals surface area contributed by atoms with Crippen LogP contribution in [-0.4, -0.2) is 22.8 Å². The van der Waals surface area contributed by atoms with Gasteiger partial charge in [0.25, 0.3) is 11.8 Å². The van der Waals surface area contributed by atoms with Crippen LogP contribution in [0.15, 0.2) is 64.8 Å². The van der Waals surface area contributed by atoms with Gasteiger partial charge >= 0.3 is 6.03 Å². The van der Waals surface area contributed by atoms with Gasteiger partial charge < -0.3 is 4.42 Å². The SMILES string of the molecule is Cc1ccc(Cl)cc1-c1ccc(/C=C2\C(=O)NC(=O)N(c3cccnc3)C2=O)o1. The number of rotatable bonds is 3. The van der Waals surface area contributed by atoms with Crippen molar-refractivity contribution >= 4 is 41.2 Å². The Morgan fingerprint density at radius 3 is 2.72 bits per heavy atom. The van der Waals surface area contributed by atoms with E-state index in [1.165, 1.54) is 18.5 Å². The summed E-state index contributed by atoms with van der Waals surface area (Å²) in [7, 11) is 0. The molecule has 0 bridgehead atoms. The lowest BCUT2D eigenvalue weighted by molar-refractivity contribution is -0.122. The highest BCUT2D eigenvalue weighted by molar-refractivity contribution is 6.39. The Hall–Kier alpha value is -3.71. The fourth-order valence-electron chi connectivity index (χ4n) is 2.96. The molecule has 4 amide bonds. The number of halogens is 1. The van der Waals surface area contributed by atoms with E-state index < -0.39 is 17.8 Å². The zero-order valence-corrected chi connectivity index (χ0v) is 15.9. The van der Waals surface area contributed by atoms with Crippen molar-refractivity contribution in [2.45, 2.75) is 6.92 Å². The number of aryl methyl sites for hydroxylation is 1. The van der Waals surface area contributed by atoms with E-state index in [0.717, 1.165) is 16.0 Å². The third-order valence-electron chi connectivity index (χ3n) is 4.38. The van der Waals surface area contributed by atoms with Gasteiger partial charge in [-0.15, -0.1) is 0 Å². The first-order valence-electron chi connectivity index (χ1n) is 8.62. The maximum atomic E-state index is 12.8. The van der Waals surface area contributed by atoms with Crippen LogP contribution in [0.3, 0.4) is 0 Å². The number of pyridine rings is 1. The van der Waals surface area contributed by atoms with E-state index in [9.17, 15) is 14.4 Å². The predicted octanol–water partition coefficient (Wildman–Crippen LogP) is 3.97. The molecule has 1 aromatic carbocycles. The number of imide groups is 2. The van der Waals surface area contributed by atoms with Gasteiger partial charge in [-0.1, -0.05) is 17.7 Å². The van der Waals surface area contributed by atoms with Crippen molar-refractivity contribution in [2.75, 3.05) is 4.90 Å². The Balaban J connectivity index is 1.69. The van der Waals surface area contributed by atoms with E-state index in [-0.39, 0.29) is 11.3 Å². The van der Waals surface area contributed by atoms with Gasteiger partial charge in [0.15, 0.2) is 0 Å². The van der Waals surface area contributed by atoms with Crippen LogP contribution in [0.1, 0.15) is 11.3 Å². The highest BCUT2D eigenvalue weighted by Crippen LogP contribution is 2.29. The molecule has 1 aliphatic rings. The fraction of sp³-hybridized carbons (Fsp3) is 0.0476. The molecule has 3 heterocycles. The average molecular weight is 408 g/mol. The number of carbonyl (C=O) groups excluding carboxylic acids is 3. The van der Waals surface area contributed by atoms with Crippen molar-refractivity contribution in [3.05, 3.63) is 76.8 Å². The second-order valence-corrected chi connectivity index (χ2v) is 6.77. The second kappa shape index (κ2) is 7.37. The van der Waals surface area contributed by atoms with Gasteiger partial charge in [-0.25, -0.2) is 9.69 Å². The standard InChI is InChI=1S/C21H14ClN3O4/c1-12-4-5-13(22)9-16(12)18-7-6-15(29-18)10-17-19(26)24-21(28)25(20(17)27)14-3-2-8-23-11-14/h2-11H,1H3,(H,24,26,28)/b17-10+. The number of nitrogens with zero attached hydrogens (tertiary/aromatic N) is 2. The van der Waals surface area contributed by atoms with Gasteiger partial charge in [0.2, 0.25) is 0 Å². The molecule has 0 unspecified atom stereocenters. The first-order valence-corrected chi connectivity index (χ1v) is 8.99. The molecule has 29 heavy (non-hydrogen) atoms. The number of anilines is 1. The van der Waals surface area contributed by atoms with Crippen molar-refractivity contribution < 1.29 is 18.8 Å². The molecule has 8 heteroatoms. The van der Waals surface area contributed by atoms with Crippen LogP contribution in [-0.2, 0) is 9.59 Å².